The Labute approximate surface area is 168 Å². The molecule has 0 radical (unpaired) electrons. The molecular weight excluding hydrogens is 374 g/mol. The predicted octanol–water partition coefficient (Wildman–Crippen LogP) is 2.56. The minimum atomic E-state index is -2.96. The molecule has 0 saturated heterocycles. The van der Waals surface area contributed by atoms with Crippen molar-refractivity contribution in [1.29, 1.82) is 0 Å². The van der Waals surface area contributed by atoms with Gasteiger partial charge < -0.3 is 10.6 Å². The van der Waals surface area contributed by atoms with E-state index in [-0.39, 0.29) is 17.2 Å². The van der Waals surface area contributed by atoms with Crippen LogP contribution in [0.15, 0.2) is 47.7 Å². The Morgan fingerprint density at radius 3 is 2.68 bits per heavy atom. The molecule has 0 aliphatic heterocycles. The molecule has 2 aromatic rings. The molecule has 2 N–H and O–H groups in total. The highest BCUT2D eigenvalue weighted by Gasteiger charge is 2.21. The van der Waals surface area contributed by atoms with Crippen LogP contribution in [-0.4, -0.2) is 49.8 Å². The lowest BCUT2D eigenvalue weighted by Gasteiger charge is -2.27. The van der Waals surface area contributed by atoms with E-state index < -0.39 is 9.84 Å². The molecule has 7 nitrogen and oxygen atoms in total. The van der Waals surface area contributed by atoms with Crippen LogP contribution in [0.25, 0.3) is 5.69 Å². The highest BCUT2D eigenvalue weighted by Crippen LogP contribution is 2.20. The first-order valence-electron chi connectivity index (χ1n) is 9.34. The number of nitrogens with one attached hydrogen (secondary N) is 2. The maximum atomic E-state index is 11.4. The second kappa shape index (κ2) is 9.23. The summed E-state index contributed by atoms with van der Waals surface area (Å²) in [6.07, 6.45) is 5.54. The SMILES string of the molecule is CN=C(NCC(C)(C)CCS(C)(=O)=O)NC(C)c1cccc(-n2cccn2)c1. The van der Waals surface area contributed by atoms with Crippen molar-refractivity contribution in [3.05, 3.63) is 48.3 Å². The lowest BCUT2D eigenvalue weighted by Crippen LogP contribution is -2.43. The summed E-state index contributed by atoms with van der Waals surface area (Å²) in [5.41, 5.74) is 1.96. The average Bonchev–Trinajstić information content (AvgIpc) is 3.18. The lowest BCUT2D eigenvalue weighted by atomic mass is 9.90. The summed E-state index contributed by atoms with van der Waals surface area (Å²) in [7, 11) is -1.23. The molecule has 1 atom stereocenters. The maximum Gasteiger partial charge on any atom is 0.191 e. The monoisotopic (exact) mass is 405 g/mol. The Morgan fingerprint density at radius 1 is 1.32 bits per heavy atom. The van der Waals surface area contributed by atoms with Gasteiger partial charge in [0.2, 0.25) is 0 Å². The molecule has 0 saturated carbocycles. The number of hydrogen-bond donors (Lipinski definition) is 2. The molecule has 0 amide bonds. The molecule has 154 valence electrons. The minimum Gasteiger partial charge on any atom is -0.356 e. The summed E-state index contributed by atoms with van der Waals surface area (Å²) >= 11 is 0. The van der Waals surface area contributed by atoms with Crippen LogP contribution in [0.1, 0.15) is 38.8 Å². The van der Waals surface area contributed by atoms with Gasteiger partial charge in [-0.05, 0) is 42.5 Å². The number of rotatable bonds is 8. The fourth-order valence-electron chi connectivity index (χ4n) is 2.71. The van der Waals surface area contributed by atoms with Gasteiger partial charge in [0.25, 0.3) is 0 Å². The molecule has 2 rings (SSSR count). The van der Waals surface area contributed by atoms with Crippen LogP contribution in [0.3, 0.4) is 0 Å². The van der Waals surface area contributed by atoms with E-state index in [1.165, 1.54) is 6.26 Å². The van der Waals surface area contributed by atoms with E-state index in [9.17, 15) is 8.42 Å². The molecule has 8 heteroatoms. The van der Waals surface area contributed by atoms with Gasteiger partial charge in [-0.25, -0.2) is 13.1 Å². The van der Waals surface area contributed by atoms with Gasteiger partial charge in [-0.3, -0.25) is 4.99 Å². The van der Waals surface area contributed by atoms with Crippen molar-refractivity contribution in [2.24, 2.45) is 10.4 Å². The second-order valence-electron chi connectivity index (χ2n) is 7.88. The van der Waals surface area contributed by atoms with Crippen molar-refractivity contribution in [2.75, 3.05) is 25.6 Å². The highest BCUT2D eigenvalue weighted by atomic mass is 32.2. The fourth-order valence-corrected chi connectivity index (χ4v) is 3.64. The Morgan fingerprint density at radius 2 is 2.07 bits per heavy atom. The van der Waals surface area contributed by atoms with Gasteiger partial charge in [0, 0.05) is 32.2 Å². The van der Waals surface area contributed by atoms with E-state index in [4.69, 9.17) is 0 Å². The summed E-state index contributed by atoms with van der Waals surface area (Å²) in [5.74, 6) is 0.870. The Kier molecular flexibility index (Phi) is 7.23. The van der Waals surface area contributed by atoms with Gasteiger partial charge in [-0.2, -0.15) is 5.10 Å². The zero-order chi connectivity index (χ0) is 20.8. The molecule has 0 fully saturated rings. The molecule has 0 bridgehead atoms. The Balaban J connectivity index is 1.96. The Bertz CT molecular complexity index is 889. The predicted molar refractivity (Wildman–Crippen MR) is 115 cm³/mol. The summed E-state index contributed by atoms with van der Waals surface area (Å²) in [5, 5.41) is 11.0. The number of aliphatic imine (C=N–C) groups is 1. The van der Waals surface area contributed by atoms with Crippen LogP contribution < -0.4 is 10.6 Å². The first-order valence-corrected chi connectivity index (χ1v) is 11.4. The van der Waals surface area contributed by atoms with Crippen LogP contribution in [0, 0.1) is 5.41 Å². The molecule has 1 heterocycles. The second-order valence-corrected chi connectivity index (χ2v) is 10.1. The molecule has 1 aromatic carbocycles. The van der Waals surface area contributed by atoms with Crippen LogP contribution in [-0.2, 0) is 9.84 Å². The van der Waals surface area contributed by atoms with Crippen molar-refractivity contribution in [1.82, 2.24) is 20.4 Å². The minimum absolute atomic E-state index is 0.0424. The summed E-state index contributed by atoms with van der Waals surface area (Å²) < 4.78 is 24.7. The van der Waals surface area contributed by atoms with Gasteiger partial charge in [-0.1, -0.05) is 26.0 Å². The molecule has 0 spiro atoms. The van der Waals surface area contributed by atoms with E-state index in [0.29, 0.717) is 18.9 Å². The largest absolute Gasteiger partial charge is 0.356 e. The van der Waals surface area contributed by atoms with Crippen LogP contribution in [0.4, 0.5) is 0 Å². The number of sulfone groups is 1. The van der Waals surface area contributed by atoms with Gasteiger partial charge in [-0.15, -0.1) is 0 Å². The third kappa shape index (κ3) is 6.99. The third-order valence-corrected chi connectivity index (χ3v) is 5.55. The number of benzene rings is 1. The summed E-state index contributed by atoms with van der Waals surface area (Å²) in [4.78, 5) is 4.30. The summed E-state index contributed by atoms with van der Waals surface area (Å²) in [6, 6.07) is 10.1. The number of nitrogens with zero attached hydrogens (tertiary/aromatic N) is 3. The van der Waals surface area contributed by atoms with Crippen LogP contribution in [0.5, 0.6) is 0 Å². The topological polar surface area (TPSA) is 88.4 Å². The first kappa shape index (κ1) is 21.9. The number of guanidine groups is 1. The zero-order valence-corrected chi connectivity index (χ0v) is 18.1. The van der Waals surface area contributed by atoms with Gasteiger partial charge >= 0.3 is 0 Å². The van der Waals surface area contributed by atoms with Crippen molar-refractivity contribution in [2.45, 2.75) is 33.2 Å². The standard InChI is InChI=1S/C20H31N5O2S/c1-16(17-8-6-9-18(14-17)25-12-7-11-23-25)24-19(21-4)22-15-20(2,3)10-13-28(5,26)27/h6-9,11-12,14,16H,10,13,15H2,1-5H3,(H2,21,22,24). The third-order valence-electron chi connectivity index (χ3n) is 4.60. The van der Waals surface area contributed by atoms with E-state index in [0.717, 1.165) is 11.3 Å². The zero-order valence-electron chi connectivity index (χ0n) is 17.3. The van der Waals surface area contributed by atoms with Crippen molar-refractivity contribution in [3.63, 3.8) is 0 Å². The van der Waals surface area contributed by atoms with Crippen LogP contribution >= 0.6 is 0 Å². The maximum absolute atomic E-state index is 11.4. The van der Waals surface area contributed by atoms with Crippen molar-refractivity contribution in [3.8, 4) is 5.69 Å². The fraction of sp³-hybridized carbons (Fsp3) is 0.500. The first-order chi connectivity index (χ1) is 13.1. The highest BCUT2D eigenvalue weighted by molar-refractivity contribution is 7.90. The average molecular weight is 406 g/mol. The molecule has 28 heavy (non-hydrogen) atoms. The lowest BCUT2D eigenvalue weighted by molar-refractivity contribution is 0.348. The van der Waals surface area contributed by atoms with Crippen molar-refractivity contribution >= 4 is 15.8 Å². The summed E-state index contributed by atoms with van der Waals surface area (Å²) in [6.45, 7) is 6.80. The normalized spacial score (nSPS) is 14.0. The molecule has 0 aliphatic rings. The molecular formula is C20H31N5O2S. The van der Waals surface area contributed by atoms with E-state index in [1.54, 1.807) is 13.2 Å². The van der Waals surface area contributed by atoms with Gasteiger partial charge in [0.15, 0.2) is 5.96 Å². The van der Waals surface area contributed by atoms with Crippen LogP contribution in [0.2, 0.25) is 0 Å². The Hall–Kier alpha value is -2.35. The molecule has 1 unspecified atom stereocenters. The van der Waals surface area contributed by atoms with Gasteiger partial charge in [0.1, 0.15) is 9.84 Å². The molecule has 1 aromatic heterocycles. The number of hydrogen-bond acceptors (Lipinski definition) is 4. The van der Waals surface area contributed by atoms with E-state index in [2.05, 4.69) is 53.6 Å². The van der Waals surface area contributed by atoms with E-state index >= 15 is 0 Å². The van der Waals surface area contributed by atoms with E-state index in [1.807, 2.05) is 29.1 Å². The quantitative estimate of drug-likeness (QED) is 0.520. The van der Waals surface area contributed by atoms with Gasteiger partial charge in [0.05, 0.1) is 17.5 Å². The number of aromatic nitrogens is 2. The smallest absolute Gasteiger partial charge is 0.191 e. The molecule has 0 aliphatic carbocycles. The van der Waals surface area contributed by atoms with Crippen molar-refractivity contribution < 1.29 is 8.42 Å².